The number of benzene rings is 1. The smallest absolute Gasteiger partial charge is 0.310 e. The van der Waals surface area contributed by atoms with E-state index in [2.05, 4.69) is 5.32 Å². The molecule has 2 rings (SSSR count). The number of rotatable bonds is 3. The number of nitrogens with one attached hydrogen (secondary N) is 2. The van der Waals surface area contributed by atoms with E-state index in [-0.39, 0.29) is 17.7 Å². The van der Waals surface area contributed by atoms with Gasteiger partial charge in [-0.3, -0.25) is 10.7 Å². The molecule has 19 heavy (non-hydrogen) atoms. The summed E-state index contributed by atoms with van der Waals surface area (Å²) in [4.78, 5) is 13.5. The number of halogens is 1. The summed E-state index contributed by atoms with van der Waals surface area (Å²) in [5.41, 5.74) is 1.55. The highest BCUT2D eigenvalue weighted by atomic mass is 19.1. The van der Waals surface area contributed by atoms with Gasteiger partial charge in [0, 0.05) is 6.54 Å². The van der Waals surface area contributed by atoms with E-state index in [0.29, 0.717) is 12.5 Å². The molecule has 1 fully saturated rings. The second-order valence-electron chi connectivity index (χ2n) is 5.29. The molecule has 0 spiro atoms. The molecule has 0 radical (unpaired) electrons. The van der Waals surface area contributed by atoms with Crippen LogP contribution in [0.15, 0.2) is 18.2 Å². The van der Waals surface area contributed by atoms with Crippen molar-refractivity contribution in [1.29, 1.82) is 5.41 Å². The third kappa shape index (κ3) is 2.59. The molecule has 0 aliphatic carbocycles. The van der Waals surface area contributed by atoms with Crippen LogP contribution in [0.4, 0.5) is 9.18 Å². The predicted molar refractivity (Wildman–Crippen MR) is 71.7 cm³/mol. The lowest BCUT2D eigenvalue weighted by Crippen LogP contribution is -2.33. The Morgan fingerprint density at radius 3 is 2.74 bits per heavy atom. The Morgan fingerprint density at radius 1 is 1.47 bits per heavy atom. The lowest BCUT2D eigenvalue weighted by molar-refractivity contribution is 0.198. The quantitative estimate of drug-likeness (QED) is 0.865. The average molecular weight is 263 g/mol. The highest BCUT2D eigenvalue weighted by molar-refractivity contribution is 6.06. The molecule has 2 amide bonds. The maximum Gasteiger partial charge on any atom is 0.323 e. The van der Waals surface area contributed by atoms with E-state index in [0.717, 1.165) is 11.1 Å². The fourth-order valence-corrected chi connectivity index (χ4v) is 2.38. The van der Waals surface area contributed by atoms with Gasteiger partial charge < -0.3 is 4.90 Å². The molecule has 102 valence electrons. The van der Waals surface area contributed by atoms with Gasteiger partial charge in [0.25, 0.3) is 0 Å². The molecule has 1 heterocycles. The maximum absolute atomic E-state index is 13.2. The van der Waals surface area contributed by atoms with Crippen LogP contribution in [0.3, 0.4) is 0 Å². The molecule has 0 saturated carbocycles. The summed E-state index contributed by atoms with van der Waals surface area (Å²) in [6.07, 6.45) is 0. The second-order valence-corrected chi connectivity index (χ2v) is 5.29. The van der Waals surface area contributed by atoms with E-state index < -0.39 is 6.04 Å². The van der Waals surface area contributed by atoms with Crippen molar-refractivity contribution in [3.05, 3.63) is 35.1 Å². The highest BCUT2D eigenvalue weighted by Crippen LogP contribution is 2.29. The summed E-state index contributed by atoms with van der Waals surface area (Å²) in [5.74, 6) is 0.153. The fourth-order valence-electron chi connectivity index (χ4n) is 2.38. The van der Waals surface area contributed by atoms with Gasteiger partial charge in [0.15, 0.2) is 0 Å². The number of hydrogen-bond acceptors (Lipinski definition) is 2. The number of amidine groups is 1. The van der Waals surface area contributed by atoms with Crippen molar-refractivity contribution >= 4 is 11.9 Å². The molecular weight excluding hydrogens is 245 g/mol. The van der Waals surface area contributed by atoms with Gasteiger partial charge in [-0.25, -0.2) is 9.18 Å². The van der Waals surface area contributed by atoms with Crippen LogP contribution in [0.5, 0.6) is 0 Å². The standard InChI is InChI=1S/C14H18FN3O/c1-8(2)7-18-12(13(16)17-14(18)19)11-5-4-10(15)6-9(11)3/h4-6,8,12H,7H2,1-3H3,(H2,16,17,19). The van der Waals surface area contributed by atoms with Gasteiger partial charge >= 0.3 is 6.03 Å². The van der Waals surface area contributed by atoms with Gasteiger partial charge in [-0.15, -0.1) is 0 Å². The average Bonchev–Trinajstić information content (AvgIpc) is 2.54. The van der Waals surface area contributed by atoms with E-state index in [1.54, 1.807) is 17.9 Å². The van der Waals surface area contributed by atoms with Crippen LogP contribution in [0.25, 0.3) is 0 Å². The topological polar surface area (TPSA) is 56.2 Å². The number of aryl methyl sites for hydroxylation is 1. The first-order valence-electron chi connectivity index (χ1n) is 6.32. The minimum absolute atomic E-state index is 0.153. The van der Waals surface area contributed by atoms with Crippen molar-refractivity contribution in [3.8, 4) is 0 Å². The van der Waals surface area contributed by atoms with E-state index in [9.17, 15) is 9.18 Å². The zero-order valence-electron chi connectivity index (χ0n) is 11.3. The Balaban J connectivity index is 2.39. The first kappa shape index (κ1) is 13.5. The van der Waals surface area contributed by atoms with Crippen LogP contribution >= 0.6 is 0 Å². The number of urea groups is 1. The van der Waals surface area contributed by atoms with Crippen molar-refractivity contribution in [2.45, 2.75) is 26.8 Å². The van der Waals surface area contributed by atoms with Gasteiger partial charge in [-0.2, -0.15) is 0 Å². The van der Waals surface area contributed by atoms with E-state index in [1.807, 2.05) is 13.8 Å². The second kappa shape index (κ2) is 4.99. The van der Waals surface area contributed by atoms with Gasteiger partial charge in [-0.1, -0.05) is 19.9 Å². The number of hydrogen-bond donors (Lipinski definition) is 2. The van der Waals surface area contributed by atoms with E-state index >= 15 is 0 Å². The number of carbonyl (C=O) groups is 1. The van der Waals surface area contributed by atoms with Crippen molar-refractivity contribution in [3.63, 3.8) is 0 Å². The Kier molecular flexibility index (Phi) is 3.55. The maximum atomic E-state index is 13.2. The third-order valence-corrected chi connectivity index (χ3v) is 3.18. The SMILES string of the molecule is Cc1cc(F)ccc1C1C(=N)NC(=O)N1CC(C)C. The molecular formula is C14H18FN3O. The zero-order valence-corrected chi connectivity index (χ0v) is 11.3. The molecule has 1 atom stereocenters. The van der Waals surface area contributed by atoms with Gasteiger partial charge in [-0.05, 0) is 36.1 Å². The molecule has 1 aromatic carbocycles. The molecule has 0 aromatic heterocycles. The summed E-state index contributed by atoms with van der Waals surface area (Å²) in [7, 11) is 0. The number of carbonyl (C=O) groups excluding carboxylic acids is 1. The fraction of sp³-hybridized carbons (Fsp3) is 0.429. The lowest BCUT2D eigenvalue weighted by Gasteiger charge is -2.25. The summed E-state index contributed by atoms with van der Waals surface area (Å²) >= 11 is 0. The molecule has 4 nitrogen and oxygen atoms in total. The molecule has 1 aromatic rings. The number of nitrogens with zero attached hydrogens (tertiary/aromatic N) is 1. The van der Waals surface area contributed by atoms with Crippen molar-refractivity contribution in [2.75, 3.05) is 6.54 Å². The summed E-state index contributed by atoms with van der Waals surface area (Å²) in [6.45, 7) is 6.39. The minimum atomic E-state index is -0.435. The Bertz CT molecular complexity index is 527. The normalized spacial score (nSPS) is 19.2. The summed E-state index contributed by atoms with van der Waals surface area (Å²) in [6, 6.07) is 3.76. The van der Waals surface area contributed by atoms with Gasteiger partial charge in [0.1, 0.15) is 17.7 Å². The molecule has 1 saturated heterocycles. The first-order chi connectivity index (χ1) is 8.90. The monoisotopic (exact) mass is 263 g/mol. The molecule has 2 N–H and O–H groups in total. The third-order valence-electron chi connectivity index (χ3n) is 3.18. The molecule has 1 aliphatic heterocycles. The van der Waals surface area contributed by atoms with Crippen LogP contribution in [0.2, 0.25) is 0 Å². The van der Waals surface area contributed by atoms with Crippen molar-refractivity contribution in [1.82, 2.24) is 10.2 Å². The lowest BCUT2D eigenvalue weighted by atomic mass is 9.99. The van der Waals surface area contributed by atoms with Crippen molar-refractivity contribution in [2.24, 2.45) is 5.92 Å². The summed E-state index contributed by atoms with van der Waals surface area (Å²) in [5, 5.41) is 10.5. The van der Waals surface area contributed by atoms with Crippen LogP contribution in [-0.2, 0) is 0 Å². The van der Waals surface area contributed by atoms with Crippen LogP contribution in [-0.4, -0.2) is 23.3 Å². The van der Waals surface area contributed by atoms with Gasteiger partial charge in [0.2, 0.25) is 0 Å². The Morgan fingerprint density at radius 2 is 2.16 bits per heavy atom. The van der Waals surface area contributed by atoms with Crippen molar-refractivity contribution < 1.29 is 9.18 Å². The molecule has 5 heteroatoms. The predicted octanol–water partition coefficient (Wildman–Crippen LogP) is 2.83. The zero-order chi connectivity index (χ0) is 14.2. The Labute approximate surface area is 112 Å². The molecule has 1 unspecified atom stereocenters. The largest absolute Gasteiger partial charge is 0.323 e. The first-order valence-corrected chi connectivity index (χ1v) is 6.32. The number of amides is 2. The molecule has 1 aliphatic rings. The van der Waals surface area contributed by atoms with Crippen LogP contribution < -0.4 is 5.32 Å². The highest BCUT2D eigenvalue weighted by Gasteiger charge is 2.37. The van der Waals surface area contributed by atoms with Gasteiger partial charge in [0.05, 0.1) is 0 Å². The van der Waals surface area contributed by atoms with E-state index in [1.165, 1.54) is 12.1 Å². The minimum Gasteiger partial charge on any atom is -0.310 e. The van der Waals surface area contributed by atoms with E-state index in [4.69, 9.17) is 5.41 Å². The van der Waals surface area contributed by atoms with Crippen LogP contribution in [0.1, 0.15) is 31.0 Å². The summed E-state index contributed by atoms with van der Waals surface area (Å²) < 4.78 is 13.2. The van der Waals surface area contributed by atoms with Crippen LogP contribution in [0, 0.1) is 24.1 Å². The Hall–Kier alpha value is -1.91. The molecule has 0 bridgehead atoms.